The Labute approximate surface area is 111 Å². The van der Waals surface area contributed by atoms with Crippen LogP contribution in [0.1, 0.15) is 0 Å². The van der Waals surface area contributed by atoms with Gasteiger partial charge < -0.3 is 4.57 Å². The number of halogens is 1. The van der Waals surface area contributed by atoms with Crippen LogP contribution in [0.5, 0.6) is 0 Å². The van der Waals surface area contributed by atoms with E-state index in [2.05, 4.69) is 10.2 Å². The van der Waals surface area contributed by atoms with Gasteiger partial charge >= 0.3 is 0 Å². The fourth-order valence-electron chi connectivity index (χ4n) is 1.44. The van der Waals surface area contributed by atoms with Gasteiger partial charge in [-0.05, 0) is 12.1 Å². The molecule has 7 heteroatoms. The van der Waals surface area contributed by atoms with Crippen LogP contribution in [0.2, 0.25) is 0 Å². The summed E-state index contributed by atoms with van der Waals surface area (Å²) < 4.78 is 26.4. The van der Waals surface area contributed by atoms with E-state index < -0.39 is 10.8 Å². The van der Waals surface area contributed by atoms with Crippen LogP contribution in [0.15, 0.2) is 40.6 Å². The molecule has 0 spiro atoms. The van der Waals surface area contributed by atoms with Gasteiger partial charge in [0.05, 0.1) is 10.8 Å². The second-order valence-electron chi connectivity index (χ2n) is 3.54. The largest absolute Gasteiger partial charge is 0.306 e. The van der Waals surface area contributed by atoms with Gasteiger partial charge in [0.1, 0.15) is 12.1 Å². The first-order valence-electron chi connectivity index (χ1n) is 5.27. The SMILES string of the molecule is C[S@](=O)c1nncn1CCSc1ccccc1F. The number of rotatable bonds is 5. The van der Waals surface area contributed by atoms with Gasteiger partial charge in [-0.15, -0.1) is 22.0 Å². The maximum Gasteiger partial charge on any atom is 0.221 e. The number of hydrogen-bond acceptors (Lipinski definition) is 4. The molecule has 1 heterocycles. The van der Waals surface area contributed by atoms with Gasteiger partial charge in [0.15, 0.2) is 0 Å². The van der Waals surface area contributed by atoms with E-state index in [1.165, 1.54) is 17.8 Å². The zero-order chi connectivity index (χ0) is 13.0. The van der Waals surface area contributed by atoms with Crippen LogP contribution in [0, 0.1) is 5.82 Å². The van der Waals surface area contributed by atoms with Crippen molar-refractivity contribution in [3.63, 3.8) is 0 Å². The fourth-order valence-corrected chi connectivity index (χ4v) is 2.96. The molecule has 2 aromatic rings. The molecular weight excluding hydrogens is 273 g/mol. The second kappa shape index (κ2) is 6.10. The van der Waals surface area contributed by atoms with Crippen LogP contribution in [0.3, 0.4) is 0 Å². The molecule has 0 unspecified atom stereocenters. The van der Waals surface area contributed by atoms with Gasteiger partial charge in [-0.1, -0.05) is 12.1 Å². The minimum Gasteiger partial charge on any atom is -0.306 e. The number of benzene rings is 1. The lowest BCUT2D eigenvalue weighted by atomic mass is 10.3. The summed E-state index contributed by atoms with van der Waals surface area (Å²) in [6, 6.07) is 6.65. The van der Waals surface area contributed by atoms with Crippen molar-refractivity contribution >= 4 is 22.6 Å². The maximum absolute atomic E-state index is 13.4. The van der Waals surface area contributed by atoms with Crippen molar-refractivity contribution in [2.75, 3.05) is 12.0 Å². The third-order valence-electron chi connectivity index (χ3n) is 2.26. The summed E-state index contributed by atoms with van der Waals surface area (Å²) in [4.78, 5) is 0.616. The molecule has 0 radical (unpaired) electrons. The van der Waals surface area contributed by atoms with Gasteiger partial charge in [-0.25, -0.2) is 4.39 Å². The minimum atomic E-state index is -1.16. The van der Waals surface area contributed by atoms with E-state index >= 15 is 0 Å². The predicted octanol–water partition coefficient (Wildman–Crippen LogP) is 1.95. The standard InChI is InChI=1S/C11H12FN3OS2/c1-18(16)11-14-13-8-15(11)6-7-17-10-5-3-2-4-9(10)12/h2-5,8H,6-7H2,1H3/t18-/m0/s1. The zero-order valence-electron chi connectivity index (χ0n) is 9.75. The van der Waals surface area contributed by atoms with Crippen molar-refractivity contribution in [2.45, 2.75) is 16.6 Å². The number of aromatic nitrogens is 3. The third kappa shape index (κ3) is 3.17. The van der Waals surface area contributed by atoms with Gasteiger partial charge in [0.2, 0.25) is 5.16 Å². The molecule has 2 rings (SSSR count). The molecule has 0 aliphatic rings. The van der Waals surface area contributed by atoms with Crippen LogP contribution in [-0.2, 0) is 17.3 Å². The van der Waals surface area contributed by atoms with Crippen molar-refractivity contribution in [1.82, 2.24) is 14.8 Å². The van der Waals surface area contributed by atoms with E-state index in [9.17, 15) is 8.60 Å². The van der Waals surface area contributed by atoms with Crippen LogP contribution in [-0.4, -0.2) is 31.0 Å². The van der Waals surface area contributed by atoms with Gasteiger partial charge in [0.25, 0.3) is 0 Å². The Hall–Kier alpha value is -1.21. The van der Waals surface area contributed by atoms with E-state index in [-0.39, 0.29) is 5.82 Å². The molecule has 18 heavy (non-hydrogen) atoms. The van der Waals surface area contributed by atoms with Crippen molar-refractivity contribution < 1.29 is 8.60 Å². The van der Waals surface area contributed by atoms with E-state index in [1.54, 1.807) is 35.3 Å². The molecule has 0 aliphatic heterocycles. The topological polar surface area (TPSA) is 47.8 Å². The lowest BCUT2D eigenvalue weighted by Crippen LogP contribution is -2.06. The average molecular weight is 285 g/mol. The third-order valence-corrected chi connectivity index (χ3v) is 4.12. The Kier molecular flexibility index (Phi) is 4.48. The smallest absolute Gasteiger partial charge is 0.221 e. The summed E-state index contributed by atoms with van der Waals surface area (Å²) >= 11 is 1.42. The molecule has 0 bridgehead atoms. The Morgan fingerprint density at radius 2 is 2.22 bits per heavy atom. The summed E-state index contributed by atoms with van der Waals surface area (Å²) in [5.41, 5.74) is 0. The molecule has 1 aromatic carbocycles. The number of thioether (sulfide) groups is 1. The van der Waals surface area contributed by atoms with Gasteiger partial charge in [-0.3, -0.25) is 4.21 Å². The molecule has 0 saturated heterocycles. The average Bonchev–Trinajstić information content (AvgIpc) is 2.80. The van der Waals surface area contributed by atoms with Gasteiger partial charge in [-0.2, -0.15) is 0 Å². The molecule has 0 saturated carbocycles. The Morgan fingerprint density at radius 1 is 1.44 bits per heavy atom. The fraction of sp³-hybridized carbons (Fsp3) is 0.273. The highest BCUT2D eigenvalue weighted by atomic mass is 32.2. The second-order valence-corrected chi connectivity index (χ2v) is 5.95. The summed E-state index contributed by atoms with van der Waals surface area (Å²) in [5, 5.41) is 7.96. The molecule has 0 fully saturated rings. The normalized spacial score (nSPS) is 12.6. The Morgan fingerprint density at radius 3 is 2.94 bits per heavy atom. The predicted molar refractivity (Wildman–Crippen MR) is 69.5 cm³/mol. The van der Waals surface area contributed by atoms with E-state index in [0.29, 0.717) is 22.3 Å². The summed E-state index contributed by atoms with van der Waals surface area (Å²) in [6.07, 6.45) is 3.10. The number of aryl methyl sites for hydroxylation is 1. The first-order chi connectivity index (χ1) is 8.68. The lowest BCUT2D eigenvalue weighted by Gasteiger charge is -2.05. The summed E-state index contributed by atoms with van der Waals surface area (Å²) in [7, 11) is -1.16. The van der Waals surface area contributed by atoms with E-state index in [0.717, 1.165) is 0 Å². The molecule has 0 amide bonds. The van der Waals surface area contributed by atoms with Crippen LogP contribution in [0.25, 0.3) is 0 Å². The van der Waals surface area contributed by atoms with Gasteiger partial charge in [0, 0.05) is 23.4 Å². The molecular formula is C11H12FN3OS2. The first kappa shape index (κ1) is 13.2. The summed E-state index contributed by atoms with van der Waals surface area (Å²) in [6.45, 7) is 0.598. The Balaban J connectivity index is 1.95. The Bertz CT molecular complexity index is 559. The van der Waals surface area contributed by atoms with E-state index in [4.69, 9.17) is 0 Å². The van der Waals surface area contributed by atoms with Crippen LogP contribution >= 0.6 is 11.8 Å². The summed E-state index contributed by atoms with van der Waals surface area (Å²) in [5.74, 6) is 0.453. The monoisotopic (exact) mass is 285 g/mol. The van der Waals surface area contributed by atoms with Crippen molar-refractivity contribution in [3.05, 3.63) is 36.4 Å². The molecule has 96 valence electrons. The first-order valence-corrected chi connectivity index (χ1v) is 7.81. The van der Waals surface area contributed by atoms with Crippen LogP contribution < -0.4 is 0 Å². The number of nitrogens with zero attached hydrogens (tertiary/aromatic N) is 3. The number of hydrogen-bond donors (Lipinski definition) is 0. The highest BCUT2D eigenvalue weighted by Crippen LogP contribution is 2.21. The van der Waals surface area contributed by atoms with E-state index in [1.807, 2.05) is 0 Å². The van der Waals surface area contributed by atoms with Crippen molar-refractivity contribution in [1.29, 1.82) is 0 Å². The molecule has 4 nitrogen and oxygen atoms in total. The minimum absolute atomic E-state index is 0.217. The highest BCUT2D eigenvalue weighted by molar-refractivity contribution is 7.99. The molecule has 1 atom stereocenters. The molecule has 0 aliphatic carbocycles. The quantitative estimate of drug-likeness (QED) is 0.788. The van der Waals surface area contributed by atoms with Crippen molar-refractivity contribution in [3.8, 4) is 0 Å². The van der Waals surface area contributed by atoms with Crippen molar-refractivity contribution in [2.24, 2.45) is 0 Å². The maximum atomic E-state index is 13.4. The molecule has 1 aromatic heterocycles. The lowest BCUT2D eigenvalue weighted by molar-refractivity contribution is 0.601. The van der Waals surface area contributed by atoms with Crippen LogP contribution in [0.4, 0.5) is 4.39 Å². The zero-order valence-corrected chi connectivity index (χ0v) is 11.4. The molecule has 0 N–H and O–H groups in total. The highest BCUT2D eigenvalue weighted by Gasteiger charge is 2.08.